The molecular formula is C8H8F4N2O. The van der Waals surface area contributed by atoms with Crippen LogP contribution in [0.25, 0.3) is 0 Å². The number of hydrogen-bond donors (Lipinski definition) is 1. The molecule has 1 heterocycles. The smallest absolute Gasteiger partial charge is 0.324 e. The summed E-state index contributed by atoms with van der Waals surface area (Å²) < 4.78 is 49.3. The zero-order valence-electron chi connectivity index (χ0n) is 7.46. The van der Waals surface area contributed by atoms with E-state index in [9.17, 15) is 22.4 Å². The number of halogens is 4. The van der Waals surface area contributed by atoms with Gasteiger partial charge < -0.3 is 10.3 Å². The van der Waals surface area contributed by atoms with Crippen LogP contribution in [0.4, 0.5) is 23.2 Å². The minimum Gasteiger partial charge on any atom is -0.398 e. The van der Waals surface area contributed by atoms with Gasteiger partial charge in [-0.2, -0.15) is 8.78 Å². The number of alkyl halides is 4. The molecule has 0 saturated heterocycles. The number of hydrogen-bond acceptors (Lipinski definition) is 2. The summed E-state index contributed by atoms with van der Waals surface area (Å²) in [6.07, 6.45) is -2.91. The van der Waals surface area contributed by atoms with Crippen molar-refractivity contribution >= 4 is 5.69 Å². The highest BCUT2D eigenvalue weighted by molar-refractivity contribution is 5.33. The zero-order valence-corrected chi connectivity index (χ0v) is 7.46. The molecule has 0 aliphatic heterocycles. The summed E-state index contributed by atoms with van der Waals surface area (Å²) in [5.74, 6) is -4.24. The Balaban J connectivity index is 2.99. The van der Waals surface area contributed by atoms with Gasteiger partial charge in [0.2, 0.25) is 0 Å². The highest BCUT2D eigenvalue weighted by Gasteiger charge is 2.41. The fraction of sp³-hybridized carbons (Fsp3) is 0.375. The molecule has 84 valence electrons. The van der Waals surface area contributed by atoms with Crippen LogP contribution in [0.2, 0.25) is 0 Å². The van der Waals surface area contributed by atoms with Gasteiger partial charge in [-0.25, -0.2) is 8.78 Å². The number of nitrogen functional groups attached to an aromatic ring is 1. The van der Waals surface area contributed by atoms with Crippen molar-refractivity contribution in [3.8, 4) is 0 Å². The minimum absolute atomic E-state index is 0.0552. The molecular weight excluding hydrogens is 216 g/mol. The van der Waals surface area contributed by atoms with Crippen LogP contribution in [-0.2, 0) is 6.54 Å². The van der Waals surface area contributed by atoms with Gasteiger partial charge in [0.05, 0.1) is 6.54 Å². The fourth-order valence-electron chi connectivity index (χ4n) is 0.970. The van der Waals surface area contributed by atoms with Gasteiger partial charge in [0, 0.05) is 18.0 Å². The molecule has 15 heavy (non-hydrogen) atoms. The van der Waals surface area contributed by atoms with Crippen molar-refractivity contribution in [3.63, 3.8) is 0 Å². The predicted molar refractivity (Wildman–Crippen MR) is 46.1 cm³/mol. The van der Waals surface area contributed by atoms with Crippen molar-refractivity contribution in [1.29, 1.82) is 0 Å². The first-order chi connectivity index (χ1) is 6.83. The number of rotatable bonds is 3. The molecule has 1 aromatic heterocycles. The third-order valence-corrected chi connectivity index (χ3v) is 1.71. The van der Waals surface area contributed by atoms with Crippen molar-refractivity contribution < 1.29 is 17.6 Å². The molecule has 0 saturated carbocycles. The molecule has 0 fully saturated rings. The third-order valence-electron chi connectivity index (χ3n) is 1.71. The van der Waals surface area contributed by atoms with Crippen molar-refractivity contribution in [1.82, 2.24) is 4.57 Å². The van der Waals surface area contributed by atoms with Crippen molar-refractivity contribution in [2.24, 2.45) is 0 Å². The summed E-state index contributed by atoms with van der Waals surface area (Å²) in [7, 11) is 0. The second-order valence-corrected chi connectivity index (χ2v) is 2.99. The summed E-state index contributed by atoms with van der Waals surface area (Å²) in [5.41, 5.74) is 4.48. The topological polar surface area (TPSA) is 48.0 Å². The molecule has 0 aliphatic carbocycles. The van der Waals surface area contributed by atoms with Crippen LogP contribution in [0.5, 0.6) is 0 Å². The Hall–Kier alpha value is -1.53. The molecule has 0 amide bonds. The Kier molecular flexibility index (Phi) is 3.01. The van der Waals surface area contributed by atoms with Crippen LogP contribution < -0.4 is 11.3 Å². The first kappa shape index (κ1) is 11.5. The summed E-state index contributed by atoms with van der Waals surface area (Å²) in [4.78, 5) is 11.0. The van der Waals surface area contributed by atoms with Gasteiger partial charge in [-0.05, 0) is 6.07 Å². The molecule has 0 aromatic carbocycles. The normalized spacial score (nSPS) is 12.1. The predicted octanol–water partition coefficient (Wildman–Crippen LogP) is 1.33. The lowest BCUT2D eigenvalue weighted by atomic mass is 10.3. The maximum Gasteiger partial charge on any atom is 0.324 e. The van der Waals surface area contributed by atoms with Gasteiger partial charge in [-0.3, -0.25) is 4.79 Å². The SMILES string of the molecule is Nc1ccc(=O)n(CC(F)(F)C(F)F)c1. The van der Waals surface area contributed by atoms with Crippen LogP contribution in [0.15, 0.2) is 23.1 Å². The molecule has 0 radical (unpaired) electrons. The average molecular weight is 224 g/mol. The van der Waals surface area contributed by atoms with Gasteiger partial charge in [-0.15, -0.1) is 0 Å². The van der Waals surface area contributed by atoms with Gasteiger partial charge in [0.15, 0.2) is 0 Å². The molecule has 0 unspecified atom stereocenters. The lowest BCUT2D eigenvalue weighted by molar-refractivity contribution is -0.138. The van der Waals surface area contributed by atoms with Gasteiger partial charge in [0.25, 0.3) is 5.56 Å². The first-order valence-corrected chi connectivity index (χ1v) is 3.95. The second-order valence-electron chi connectivity index (χ2n) is 2.99. The number of aromatic nitrogens is 1. The maximum atomic E-state index is 12.6. The largest absolute Gasteiger partial charge is 0.398 e. The Morgan fingerprint density at radius 2 is 2.00 bits per heavy atom. The average Bonchev–Trinajstić information content (AvgIpc) is 2.10. The Morgan fingerprint density at radius 3 is 2.53 bits per heavy atom. The summed E-state index contributed by atoms with van der Waals surface area (Å²) in [5, 5.41) is 0. The standard InChI is InChI=1S/C8H8F4N2O/c9-7(10)8(11,12)4-14-3-5(13)1-2-6(14)15/h1-3,7H,4,13H2. The van der Waals surface area contributed by atoms with Crippen LogP contribution in [-0.4, -0.2) is 16.9 Å². The van der Waals surface area contributed by atoms with Crippen LogP contribution in [0.1, 0.15) is 0 Å². The maximum absolute atomic E-state index is 12.6. The molecule has 2 N–H and O–H groups in total. The van der Waals surface area contributed by atoms with Crippen LogP contribution in [0, 0.1) is 0 Å². The quantitative estimate of drug-likeness (QED) is 0.787. The number of anilines is 1. The van der Waals surface area contributed by atoms with E-state index in [1.54, 1.807) is 0 Å². The third kappa shape index (κ3) is 2.71. The molecule has 0 spiro atoms. The molecule has 0 bridgehead atoms. The van der Waals surface area contributed by atoms with E-state index in [0.717, 1.165) is 12.3 Å². The molecule has 1 aromatic rings. The van der Waals surface area contributed by atoms with E-state index in [4.69, 9.17) is 5.73 Å². The van der Waals surface area contributed by atoms with E-state index in [-0.39, 0.29) is 5.69 Å². The van der Waals surface area contributed by atoms with E-state index < -0.39 is 24.5 Å². The Labute approximate surface area is 82.1 Å². The van der Waals surface area contributed by atoms with Gasteiger partial charge >= 0.3 is 12.3 Å². The van der Waals surface area contributed by atoms with Crippen molar-refractivity contribution in [2.45, 2.75) is 18.9 Å². The zero-order chi connectivity index (χ0) is 11.6. The monoisotopic (exact) mass is 224 g/mol. The van der Waals surface area contributed by atoms with Crippen LogP contribution in [0.3, 0.4) is 0 Å². The van der Waals surface area contributed by atoms with E-state index in [1.165, 1.54) is 6.07 Å². The van der Waals surface area contributed by atoms with Gasteiger partial charge in [0.1, 0.15) is 0 Å². The minimum atomic E-state index is -4.24. The summed E-state index contributed by atoms with van der Waals surface area (Å²) >= 11 is 0. The van der Waals surface area contributed by atoms with E-state index in [0.29, 0.717) is 4.57 Å². The summed E-state index contributed by atoms with van der Waals surface area (Å²) in [6, 6.07) is 2.15. The molecule has 7 heteroatoms. The molecule has 3 nitrogen and oxygen atoms in total. The highest BCUT2D eigenvalue weighted by atomic mass is 19.3. The van der Waals surface area contributed by atoms with Crippen molar-refractivity contribution in [2.75, 3.05) is 5.73 Å². The Bertz CT molecular complexity index is 402. The molecule has 1 rings (SSSR count). The van der Waals surface area contributed by atoms with E-state index in [2.05, 4.69) is 0 Å². The van der Waals surface area contributed by atoms with Crippen molar-refractivity contribution in [3.05, 3.63) is 28.7 Å². The second kappa shape index (κ2) is 3.92. The number of nitrogens with two attached hydrogens (primary N) is 1. The number of nitrogens with zero attached hydrogens (tertiary/aromatic N) is 1. The molecule has 0 atom stereocenters. The number of pyridine rings is 1. The van der Waals surface area contributed by atoms with E-state index in [1.807, 2.05) is 0 Å². The first-order valence-electron chi connectivity index (χ1n) is 3.95. The van der Waals surface area contributed by atoms with Gasteiger partial charge in [-0.1, -0.05) is 0 Å². The fourth-order valence-corrected chi connectivity index (χ4v) is 0.970. The van der Waals surface area contributed by atoms with Crippen LogP contribution >= 0.6 is 0 Å². The van der Waals surface area contributed by atoms with E-state index >= 15 is 0 Å². The Morgan fingerprint density at radius 1 is 1.40 bits per heavy atom. The molecule has 0 aliphatic rings. The lowest BCUT2D eigenvalue weighted by Gasteiger charge is -2.16. The lowest BCUT2D eigenvalue weighted by Crippen LogP contribution is -2.36. The summed E-state index contributed by atoms with van der Waals surface area (Å²) in [6.45, 7) is -1.38. The highest BCUT2D eigenvalue weighted by Crippen LogP contribution is 2.24.